The number of carboxylic acid groups (broad SMARTS) is 2. The van der Waals surface area contributed by atoms with Crippen LogP contribution in [0.1, 0.15) is 164 Å². The molecule has 544 valence electrons. The summed E-state index contributed by atoms with van der Waals surface area (Å²) < 4.78 is 0. The number of carbonyl (C=O) groups is 15. The molecule has 12 amide bonds. The van der Waals surface area contributed by atoms with E-state index in [2.05, 4.69) is 73.4 Å². The van der Waals surface area contributed by atoms with Gasteiger partial charge in [-0.2, -0.15) is 0 Å². The summed E-state index contributed by atoms with van der Waals surface area (Å²) in [5.74, 6) is -16.7. The highest BCUT2D eigenvalue weighted by atomic mass is 32.1. The number of primary amides is 1. The number of carbonyl (C=O) groups excluding carboxylic acids is 13. The van der Waals surface area contributed by atoms with E-state index in [9.17, 15) is 82.1 Å². The van der Waals surface area contributed by atoms with Gasteiger partial charge in [-0.3, -0.25) is 71.9 Å². The minimum Gasteiger partial charge on any atom is -0.481 e. The molecule has 1 saturated heterocycles. The van der Waals surface area contributed by atoms with Crippen LogP contribution in [0.25, 0.3) is 0 Å². The van der Waals surface area contributed by atoms with Gasteiger partial charge in [0, 0.05) is 49.0 Å². The van der Waals surface area contributed by atoms with Gasteiger partial charge in [0.05, 0.1) is 19.2 Å². The summed E-state index contributed by atoms with van der Waals surface area (Å²) in [5, 5.41) is 49.4. The van der Waals surface area contributed by atoms with E-state index in [1.165, 1.54) is 17.9 Å². The van der Waals surface area contributed by atoms with Crippen molar-refractivity contribution < 1.29 is 82.1 Å². The summed E-state index contributed by atoms with van der Waals surface area (Å²) in [6, 6.07) is -7.07. The number of carboxylic acids is 2. The number of aromatic amines is 1. The van der Waals surface area contributed by atoms with Crippen LogP contribution in [0.3, 0.4) is 0 Å². The maximum Gasteiger partial charge on any atom is 0.305 e. The molecule has 12 atom stereocenters. The van der Waals surface area contributed by atoms with E-state index in [4.69, 9.17) is 11.5 Å². The lowest BCUT2D eigenvalue weighted by Crippen LogP contribution is -2.61. The molecule has 0 aliphatic carbocycles. The van der Waals surface area contributed by atoms with Gasteiger partial charge in [-0.05, 0) is 74.8 Å². The number of thiazole rings is 1. The molecular formula is C65H96N16O17S. The number of amides is 12. The van der Waals surface area contributed by atoms with Crippen molar-refractivity contribution in [1.29, 1.82) is 0 Å². The first-order valence-corrected chi connectivity index (χ1v) is 34.0. The number of rotatable bonds is 34. The summed E-state index contributed by atoms with van der Waals surface area (Å²) in [4.78, 5) is 217. The molecule has 0 unspecified atom stereocenters. The summed E-state index contributed by atoms with van der Waals surface area (Å²) in [7, 11) is 0. The van der Waals surface area contributed by atoms with Crippen molar-refractivity contribution in [3.8, 4) is 0 Å². The van der Waals surface area contributed by atoms with Gasteiger partial charge in [0.1, 0.15) is 66.1 Å². The molecule has 33 nitrogen and oxygen atoms in total. The Bertz CT molecular complexity index is 3290. The van der Waals surface area contributed by atoms with E-state index in [1.54, 1.807) is 85.7 Å². The Balaban J connectivity index is 1.67. The van der Waals surface area contributed by atoms with Crippen molar-refractivity contribution in [2.45, 2.75) is 206 Å². The number of aliphatic carboxylic acids is 2. The van der Waals surface area contributed by atoms with Crippen LogP contribution in [0.2, 0.25) is 0 Å². The van der Waals surface area contributed by atoms with Crippen LogP contribution >= 0.6 is 11.3 Å². The fourth-order valence-electron chi connectivity index (χ4n) is 10.4. The third-order valence-corrected chi connectivity index (χ3v) is 17.3. The highest BCUT2D eigenvalue weighted by Gasteiger charge is 2.39. The summed E-state index contributed by atoms with van der Waals surface area (Å²) in [5.41, 5.74) is 12.2. The minimum atomic E-state index is -2.01. The molecule has 1 aromatic carbocycles. The first-order valence-electron chi connectivity index (χ1n) is 33.1. The van der Waals surface area contributed by atoms with E-state index < -0.39 is 187 Å². The fourth-order valence-corrected chi connectivity index (χ4v) is 11.2. The Labute approximate surface area is 577 Å². The number of H-pyrrole nitrogens is 1. The molecular weight excluding hydrogens is 1310 g/mol. The second-order valence-electron chi connectivity index (χ2n) is 25.3. The van der Waals surface area contributed by atoms with Gasteiger partial charge < -0.3 is 85.1 Å². The SMILES string of the molecule is CC[C@H](C)[C@H](NC(=O)[C@@H](CCC(=O)O)NC(=O)[C@H](CC(C)C)NC(=O)c1csc(C(=O)C(C)C)n1)C(=O)NCCCC[C@@H]1NC(=O)[C@H](CC(N)=O)NC(=O)[C@@H](CC(=O)O)NC(=O)[C@H](Cc2cnc[nH]2)NC(=O)[C@@H](Cc2ccccc2)NC(=O)[C@H]([C@@H](C)CC)NC(=O)[C@@H](CCCN)NC1=O. The summed E-state index contributed by atoms with van der Waals surface area (Å²) in [6.07, 6.45) is -0.463. The number of ketones is 1. The Hall–Kier alpha value is -9.73. The van der Waals surface area contributed by atoms with Crippen molar-refractivity contribution in [1.82, 2.24) is 73.4 Å². The van der Waals surface area contributed by atoms with Gasteiger partial charge in [0.15, 0.2) is 10.8 Å². The molecule has 1 aliphatic heterocycles. The molecule has 1 aliphatic rings. The monoisotopic (exact) mass is 1400 g/mol. The molecule has 34 heteroatoms. The van der Waals surface area contributed by atoms with Gasteiger partial charge in [0.25, 0.3) is 5.91 Å². The number of nitrogens with one attached hydrogen (secondary N) is 12. The molecule has 1 fully saturated rings. The van der Waals surface area contributed by atoms with Crippen molar-refractivity contribution in [2.24, 2.45) is 35.1 Å². The summed E-state index contributed by atoms with van der Waals surface area (Å²) >= 11 is 0.960. The second-order valence-corrected chi connectivity index (χ2v) is 26.1. The number of imidazole rings is 1. The summed E-state index contributed by atoms with van der Waals surface area (Å²) in [6.45, 7) is 13.6. The molecule has 3 heterocycles. The Morgan fingerprint density at radius 1 is 0.616 bits per heavy atom. The molecule has 3 aromatic rings. The van der Waals surface area contributed by atoms with Crippen LogP contribution in [0.15, 0.2) is 48.2 Å². The number of aromatic nitrogens is 3. The van der Waals surface area contributed by atoms with Crippen LogP contribution in [0, 0.1) is 23.7 Å². The number of Topliss-reactive ketones (excluding diaryl/α,β-unsaturated/α-hetero) is 1. The molecule has 99 heavy (non-hydrogen) atoms. The average molecular weight is 1410 g/mol. The lowest BCUT2D eigenvalue weighted by Gasteiger charge is -2.29. The van der Waals surface area contributed by atoms with Crippen LogP contribution in [-0.4, -0.2) is 187 Å². The standard InChI is InChI=1S/C65H96N16O17S/c1-9-35(7)51(80-56(90)41(21-22-49(83)84)73-57(91)42(25-33(3)4)74-62(96)47-31-99-65(79-47)53(87)34(5)6)63(97)69-24-15-14-19-39-54(88)71-40(20-16-23-66)55(89)81-52(36(8)10-2)64(98)78-43(26-37-17-12-11-13-18-37)58(92)75-44(27-38-30-68-32-70-38)59(93)77-46(29-50(85)86)61(95)76-45(28-48(67)82)60(94)72-39/h11-13,17-18,30-36,39-46,51-52H,9-10,14-16,19-29,66H2,1-8H3,(H2,67,82)(H,68,70)(H,69,97)(H,71,88)(H,72,94)(H,73,91)(H,74,96)(H,75,92)(H,76,95)(H,77,93)(H,78,98)(H,80,90)(H,81,89)(H,83,84)(H,85,86)/t35-,36-,39-,40+,41+,42-,43+,44-,45-,46+,51-,52-/m0/s1. The number of hydrogen-bond donors (Lipinski definition) is 16. The zero-order valence-electron chi connectivity index (χ0n) is 57.0. The topological polar surface area (TPSA) is 522 Å². The Kier molecular flexibility index (Phi) is 33.7. The predicted octanol–water partition coefficient (Wildman–Crippen LogP) is -0.956. The molecule has 0 saturated carbocycles. The van der Waals surface area contributed by atoms with Crippen molar-refractivity contribution in [3.63, 3.8) is 0 Å². The largest absolute Gasteiger partial charge is 0.481 e. The first-order chi connectivity index (χ1) is 46.8. The van der Waals surface area contributed by atoms with E-state index in [0.29, 0.717) is 24.1 Å². The van der Waals surface area contributed by atoms with Crippen molar-refractivity contribution in [3.05, 3.63) is 70.2 Å². The van der Waals surface area contributed by atoms with Crippen LogP contribution < -0.4 is 70.0 Å². The van der Waals surface area contributed by atoms with E-state index >= 15 is 0 Å². The highest BCUT2D eigenvalue weighted by molar-refractivity contribution is 7.12. The lowest BCUT2D eigenvalue weighted by atomic mass is 9.96. The molecule has 2 aromatic heterocycles. The Morgan fingerprint density at radius 3 is 1.73 bits per heavy atom. The third kappa shape index (κ3) is 27.2. The van der Waals surface area contributed by atoms with Crippen LogP contribution in [0.5, 0.6) is 0 Å². The number of nitrogens with zero attached hydrogens (tertiary/aromatic N) is 2. The average Bonchev–Trinajstić information content (AvgIpc) is 1.80. The third-order valence-electron chi connectivity index (χ3n) is 16.4. The molecule has 0 radical (unpaired) electrons. The smallest absolute Gasteiger partial charge is 0.305 e. The maximum atomic E-state index is 14.7. The van der Waals surface area contributed by atoms with E-state index in [0.717, 1.165) is 11.3 Å². The predicted molar refractivity (Wildman–Crippen MR) is 359 cm³/mol. The van der Waals surface area contributed by atoms with Gasteiger partial charge in [-0.1, -0.05) is 98.6 Å². The fraction of sp³-hybridized carbons (Fsp3) is 0.585. The molecule has 0 bridgehead atoms. The molecule has 4 rings (SSSR count). The van der Waals surface area contributed by atoms with Crippen molar-refractivity contribution in [2.75, 3.05) is 13.1 Å². The normalized spacial score (nSPS) is 20.6. The Morgan fingerprint density at radius 2 is 1.17 bits per heavy atom. The highest BCUT2D eigenvalue weighted by Crippen LogP contribution is 2.18. The molecule has 18 N–H and O–H groups in total. The van der Waals surface area contributed by atoms with Gasteiger partial charge >= 0.3 is 11.9 Å². The van der Waals surface area contributed by atoms with Gasteiger partial charge in [-0.15, -0.1) is 11.3 Å². The zero-order valence-corrected chi connectivity index (χ0v) is 57.8. The second kappa shape index (κ2) is 40.9. The van der Waals surface area contributed by atoms with E-state index in [-0.39, 0.29) is 86.9 Å². The quantitative estimate of drug-likeness (QED) is 0.0253. The van der Waals surface area contributed by atoms with Gasteiger partial charge in [0.2, 0.25) is 65.0 Å². The zero-order chi connectivity index (χ0) is 73.6. The number of benzene rings is 1. The van der Waals surface area contributed by atoms with Gasteiger partial charge in [-0.25, -0.2) is 9.97 Å². The maximum absolute atomic E-state index is 14.7. The van der Waals surface area contributed by atoms with Crippen LogP contribution in [-0.2, 0) is 75.2 Å². The minimum absolute atomic E-state index is 0.0117. The van der Waals surface area contributed by atoms with E-state index in [1.807, 2.05) is 0 Å². The van der Waals surface area contributed by atoms with Crippen molar-refractivity contribution >= 4 is 99.9 Å². The number of nitrogens with two attached hydrogens (primary N) is 2. The first kappa shape index (κ1) is 81.7. The number of hydrogen-bond acceptors (Lipinski definition) is 19. The lowest BCUT2D eigenvalue weighted by molar-refractivity contribution is -0.142. The van der Waals surface area contributed by atoms with Crippen LogP contribution in [0.4, 0.5) is 0 Å². The molecule has 0 spiro atoms. The number of unbranched alkanes of at least 4 members (excludes halogenated alkanes) is 1.